The van der Waals surface area contributed by atoms with Crippen LogP contribution >= 0.6 is 0 Å². The number of carboxylic acid groups (broad SMARTS) is 1. The lowest BCUT2D eigenvalue weighted by atomic mass is 10.0. The number of hydrogen-bond acceptors (Lipinski definition) is 3. The molecule has 0 atom stereocenters. The predicted octanol–water partition coefficient (Wildman–Crippen LogP) is 2.67. The van der Waals surface area contributed by atoms with Crippen LogP contribution in [0.25, 0.3) is 11.1 Å². The molecule has 0 saturated carbocycles. The Hall–Kier alpha value is -2.40. The fraction of sp³-hybridized carbons (Fsp3) is 0.125. The first-order chi connectivity index (χ1) is 10.0. The summed E-state index contributed by atoms with van der Waals surface area (Å²) < 4.78 is 18.7. The maximum absolute atomic E-state index is 9.37. The molecule has 0 amide bonds. The molecule has 0 aromatic heterocycles. The van der Waals surface area contributed by atoms with Crippen molar-refractivity contribution in [2.24, 2.45) is 0 Å². The first kappa shape index (κ1) is 16.7. The Morgan fingerprint density at radius 1 is 1.00 bits per heavy atom. The molecule has 0 unspecified atom stereocenters. The van der Waals surface area contributed by atoms with E-state index in [4.69, 9.17) is 5.11 Å². The van der Waals surface area contributed by atoms with Crippen molar-refractivity contribution < 1.29 is 18.3 Å². The third kappa shape index (κ3) is 6.54. The Kier molecular flexibility index (Phi) is 6.91. The SMILES string of the molecule is CCc1ccc(-c2ccccc2)cc1.O=C(O)C=S(=O)=O. The van der Waals surface area contributed by atoms with E-state index in [-0.39, 0.29) is 5.37 Å². The molecule has 5 heteroatoms. The zero-order valence-electron chi connectivity index (χ0n) is 11.6. The van der Waals surface area contributed by atoms with Crippen molar-refractivity contribution in [2.75, 3.05) is 0 Å². The summed E-state index contributed by atoms with van der Waals surface area (Å²) in [6, 6.07) is 19.2. The van der Waals surface area contributed by atoms with Crippen molar-refractivity contribution in [3.05, 3.63) is 60.2 Å². The fourth-order valence-electron chi connectivity index (χ4n) is 1.65. The number of aliphatic carboxylic acids is 1. The van der Waals surface area contributed by atoms with Gasteiger partial charge in [-0.2, -0.15) is 8.42 Å². The molecule has 21 heavy (non-hydrogen) atoms. The van der Waals surface area contributed by atoms with Crippen LogP contribution in [0.1, 0.15) is 12.5 Å². The van der Waals surface area contributed by atoms with E-state index in [1.807, 2.05) is 6.07 Å². The molecule has 2 aromatic rings. The van der Waals surface area contributed by atoms with Crippen LogP contribution in [0.3, 0.4) is 0 Å². The van der Waals surface area contributed by atoms with Crippen LogP contribution in [0.2, 0.25) is 0 Å². The third-order valence-electron chi connectivity index (χ3n) is 2.67. The highest BCUT2D eigenvalue weighted by Gasteiger charge is 1.95. The minimum absolute atomic E-state index is 0.167. The van der Waals surface area contributed by atoms with Gasteiger partial charge in [-0.15, -0.1) is 0 Å². The largest absolute Gasteiger partial charge is 0.477 e. The topological polar surface area (TPSA) is 71.4 Å². The molecule has 4 nitrogen and oxygen atoms in total. The molecule has 2 aromatic carbocycles. The van der Waals surface area contributed by atoms with Gasteiger partial charge >= 0.3 is 5.97 Å². The number of benzene rings is 2. The molecule has 0 spiro atoms. The van der Waals surface area contributed by atoms with Crippen LogP contribution in [0.15, 0.2) is 54.6 Å². The maximum Gasteiger partial charge on any atom is 0.343 e. The summed E-state index contributed by atoms with van der Waals surface area (Å²) in [5.74, 6) is -1.45. The number of aryl methyl sites for hydroxylation is 1. The van der Waals surface area contributed by atoms with Gasteiger partial charge in [-0.05, 0) is 23.1 Å². The Balaban J connectivity index is 0.000000270. The van der Waals surface area contributed by atoms with Gasteiger partial charge in [0.05, 0.1) is 0 Å². The second-order valence-electron chi connectivity index (χ2n) is 4.13. The first-order valence-electron chi connectivity index (χ1n) is 6.33. The molecule has 110 valence electrons. The Labute approximate surface area is 125 Å². The summed E-state index contributed by atoms with van der Waals surface area (Å²) in [4.78, 5) is 9.36. The highest BCUT2D eigenvalue weighted by atomic mass is 32.2. The molecule has 0 aliphatic carbocycles. The molecule has 0 fully saturated rings. The normalized spacial score (nSPS) is 9.19. The first-order valence-corrected chi connectivity index (χ1v) is 7.47. The van der Waals surface area contributed by atoms with Gasteiger partial charge in [0, 0.05) is 0 Å². The van der Waals surface area contributed by atoms with Gasteiger partial charge in [-0.25, -0.2) is 4.79 Å². The molecular weight excluding hydrogens is 288 g/mol. The van der Waals surface area contributed by atoms with E-state index in [1.54, 1.807) is 0 Å². The summed E-state index contributed by atoms with van der Waals surface area (Å²) in [7, 11) is -2.57. The summed E-state index contributed by atoms with van der Waals surface area (Å²) in [5, 5.41) is 7.80. The highest BCUT2D eigenvalue weighted by Crippen LogP contribution is 2.19. The van der Waals surface area contributed by atoms with Crippen LogP contribution in [0.4, 0.5) is 0 Å². The van der Waals surface area contributed by atoms with Crippen molar-refractivity contribution in [3.63, 3.8) is 0 Å². The Bertz CT molecular complexity index is 694. The van der Waals surface area contributed by atoms with E-state index < -0.39 is 16.3 Å². The quantitative estimate of drug-likeness (QED) is 0.885. The van der Waals surface area contributed by atoms with Crippen molar-refractivity contribution in [3.8, 4) is 11.1 Å². The summed E-state index contributed by atoms with van der Waals surface area (Å²) >= 11 is 0. The molecular formula is C16H16O4S. The van der Waals surface area contributed by atoms with Crippen molar-refractivity contribution in [1.29, 1.82) is 0 Å². The molecule has 0 aliphatic rings. The molecule has 2 rings (SSSR count). The van der Waals surface area contributed by atoms with Gasteiger partial charge in [0.2, 0.25) is 10.3 Å². The minimum atomic E-state index is -2.57. The standard InChI is InChI=1S/C14H14.C2H2O4S/c1-2-12-8-10-14(11-9-12)13-6-4-3-5-7-13;3-2(4)1-7(5)6/h3-11H,2H2,1H3;1H,(H,3,4). The van der Waals surface area contributed by atoms with Crippen molar-refractivity contribution >= 4 is 21.6 Å². The monoisotopic (exact) mass is 304 g/mol. The maximum atomic E-state index is 9.37. The van der Waals surface area contributed by atoms with Gasteiger partial charge < -0.3 is 5.11 Å². The van der Waals surface area contributed by atoms with Gasteiger partial charge in [0.1, 0.15) is 5.37 Å². The number of carbonyl (C=O) groups is 1. The van der Waals surface area contributed by atoms with E-state index in [0.29, 0.717) is 0 Å². The third-order valence-corrected chi connectivity index (χ3v) is 3.06. The van der Waals surface area contributed by atoms with E-state index >= 15 is 0 Å². The fourth-order valence-corrected chi connectivity index (χ4v) is 1.81. The van der Waals surface area contributed by atoms with Gasteiger partial charge in [0.15, 0.2) is 0 Å². The van der Waals surface area contributed by atoms with Gasteiger partial charge in [0.25, 0.3) is 0 Å². The molecule has 0 heterocycles. The second-order valence-corrected chi connectivity index (χ2v) is 4.89. The minimum Gasteiger partial charge on any atom is -0.477 e. The second kappa shape index (κ2) is 8.71. The number of carboxylic acids is 1. The van der Waals surface area contributed by atoms with Gasteiger partial charge in [-0.1, -0.05) is 61.5 Å². The van der Waals surface area contributed by atoms with E-state index in [2.05, 4.69) is 55.5 Å². The number of rotatable bonds is 3. The molecule has 0 bridgehead atoms. The zero-order chi connectivity index (χ0) is 15.7. The Morgan fingerprint density at radius 3 is 1.90 bits per heavy atom. The van der Waals surface area contributed by atoms with Crippen LogP contribution in [0.5, 0.6) is 0 Å². The average molecular weight is 304 g/mol. The zero-order valence-corrected chi connectivity index (χ0v) is 12.4. The summed E-state index contributed by atoms with van der Waals surface area (Å²) in [6.07, 6.45) is 1.11. The van der Waals surface area contributed by atoms with Crippen LogP contribution in [-0.4, -0.2) is 24.9 Å². The Morgan fingerprint density at radius 2 is 1.52 bits per heavy atom. The van der Waals surface area contributed by atoms with E-state index in [0.717, 1.165) is 6.42 Å². The lowest BCUT2D eigenvalue weighted by molar-refractivity contribution is -0.128. The molecule has 0 saturated heterocycles. The van der Waals surface area contributed by atoms with E-state index in [9.17, 15) is 13.2 Å². The van der Waals surface area contributed by atoms with Crippen molar-refractivity contribution in [2.45, 2.75) is 13.3 Å². The van der Waals surface area contributed by atoms with Gasteiger partial charge in [-0.3, -0.25) is 0 Å². The van der Waals surface area contributed by atoms with Crippen molar-refractivity contribution in [1.82, 2.24) is 0 Å². The highest BCUT2D eigenvalue weighted by molar-refractivity contribution is 7.73. The molecule has 0 aliphatic heterocycles. The number of hydrogen-bond donors (Lipinski definition) is 1. The predicted molar refractivity (Wildman–Crippen MR) is 83.9 cm³/mol. The lowest BCUT2D eigenvalue weighted by Crippen LogP contribution is -1.94. The average Bonchev–Trinajstić information content (AvgIpc) is 2.47. The molecule has 1 N–H and O–H groups in total. The summed E-state index contributed by atoms with van der Waals surface area (Å²) in [5.41, 5.74) is 3.97. The lowest BCUT2D eigenvalue weighted by Gasteiger charge is -2.02. The molecule has 0 radical (unpaired) electrons. The summed E-state index contributed by atoms with van der Waals surface area (Å²) in [6.45, 7) is 2.18. The smallest absolute Gasteiger partial charge is 0.343 e. The van der Waals surface area contributed by atoms with Crippen LogP contribution in [0, 0.1) is 0 Å². The van der Waals surface area contributed by atoms with E-state index in [1.165, 1.54) is 16.7 Å². The van der Waals surface area contributed by atoms with Crippen LogP contribution < -0.4 is 0 Å². The van der Waals surface area contributed by atoms with Crippen LogP contribution in [-0.2, 0) is 21.5 Å².